The van der Waals surface area contributed by atoms with E-state index in [4.69, 9.17) is 14.9 Å². The number of hydrogen-bond acceptors (Lipinski definition) is 4. The lowest BCUT2D eigenvalue weighted by Crippen LogP contribution is -2.27. The molecule has 6 nitrogen and oxygen atoms in total. The zero-order chi connectivity index (χ0) is 16.3. The standard InChI is InChI=1S/C16H18N2O4/c1-16(2,3)22-15(20)18-11-9-12(21-13(11)14(17)19)10-7-5-4-6-8-10/h4-9H,1-3H3,(H2,17,19)(H,18,20). The van der Waals surface area contributed by atoms with Crippen LogP contribution in [0.3, 0.4) is 0 Å². The topological polar surface area (TPSA) is 94.6 Å². The zero-order valence-corrected chi connectivity index (χ0v) is 12.7. The highest BCUT2D eigenvalue weighted by Crippen LogP contribution is 2.29. The van der Waals surface area contributed by atoms with Crippen LogP contribution in [-0.2, 0) is 4.74 Å². The lowest BCUT2D eigenvalue weighted by molar-refractivity contribution is 0.0635. The Hall–Kier alpha value is -2.76. The molecule has 0 atom stereocenters. The number of nitrogens with two attached hydrogens (primary N) is 1. The molecule has 2 amide bonds. The van der Waals surface area contributed by atoms with Crippen molar-refractivity contribution in [1.29, 1.82) is 0 Å². The summed E-state index contributed by atoms with van der Waals surface area (Å²) in [7, 11) is 0. The normalized spacial score (nSPS) is 11.0. The van der Waals surface area contributed by atoms with E-state index in [0.717, 1.165) is 5.56 Å². The Morgan fingerprint density at radius 2 is 1.82 bits per heavy atom. The van der Waals surface area contributed by atoms with Gasteiger partial charge in [0.1, 0.15) is 11.4 Å². The quantitative estimate of drug-likeness (QED) is 0.908. The van der Waals surface area contributed by atoms with E-state index < -0.39 is 17.6 Å². The zero-order valence-electron chi connectivity index (χ0n) is 12.7. The maximum atomic E-state index is 11.8. The van der Waals surface area contributed by atoms with Crippen LogP contribution in [0.4, 0.5) is 10.5 Å². The van der Waals surface area contributed by atoms with Crippen LogP contribution in [0.15, 0.2) is 40.8 Å². The molecule has 116 valence electrons. The minimum Gasteiger partial charge on any atom is -0.449 e. The number of primary amides is 1. The first-order valence-electron chi connectivity index (χ1n) is 6.75. The van der Waals surface area contributed by atoms with Crippen LogP contribution in [0, 0.1) is 0 Å². The highest BCUT2D eigenvalue weighted by atomic mass is 16.6. The van der Waals surface area contributed by atoms with Gasteiger partial charge < -0.3 is 14.9 Å². The monoisotopic (exact) mass is 302 g/mol. The van der Waals surface area contributed by atoms with Gasteiger partial charge in [-0.3, -0.25) is 10.1 Å². The molecule has 0 aliphatic rings. The van der Waals surface area contributed by atoms with Gasteiger partial charge in [-0.15, -0.1) is 0 Å². The summed E-state index contributed by atoms with van der Waals surface area (Å²) in [6, 6.07) is 10.7. The fraction of sp³-hybridized carbons (Fsp3) is 0.250. The first kappa shape index (κ1) is 15.6. The lowest BCUT2D eigenvalue weighted by Gasteiger charge is -2.19. The highest BCUT2D eigenvalue weighted by molar-refractivity contribution is 6.00. The fourth-order valence-electron chi connectivity index (χ4n) is 1.83. The molecule has 0 fully saturated rings. The van der Waals surface area contributed by atoms with Gasteiger partial charge in [0, 0.05) is 11.6 Å². The molecule has 1 heterocycles. The molecule has 1 aromatic heterocycles. The molecule has 0 spiro atoms. The van der Waals surface area contributed by atoms with E-state index in [9.17, 15) is 9.59 Å². The number of hydrogen-bond donors (Lipinski definition) is 2. The molecule has 2 rings (SSSR count). The van der Waals surface area contributed by atoms with Crippen molar-refractivity contribution in [3.05, 3.63) is 42.2 Å². The summed E-state index contributed by atoms with van der Waals surface area (Å²) in [5.74, 6) is -0.460. The van der Waals surface area contributed by atoms with Crippen LogP contribution in [0.1, 0.15) is 31.3 Å². The van der Waals surface area contributed by atoms with Crippen molar-refractivity contribution in [3.63, 3.8) is 0 Å². The molecule has 0 bridgehead atoms. The minimum atomic E-state index is -0.770. The molecule has 0 saturated carbocycles. The Morgan fingerprint density at radius 1 is 1.18 bits per heavy atom. The summed E-state index contributed by atoms with van der Waals surface area (Å²) < 4.78 is 10.6. The van der Waals surface area contributed by atoms with Crippen LogP contribution in [0.5, 0.6) is 0 Å². The molecule has 2 aromatic rings. The first-order chi connectivity index (χ1) is 10.3. The van der Waals surface area contributed by atoms with Crippen molar-refractivity contribution in [2.45, 2.75) is 26.4 Å². The van der Waals surface area contributed by atoms with Crippen molar-refractivity contribution in [3.8, 4) is 11.3 Å². The molecule has 0 radical (unpaired) electrons. The molecule has 3 N–H and O–H groups in total. The summed E-state index contributed by atoms with van der Waals surface area (Å²) in [6.07, 6.45) is -0.685. The third-order valence-corrected chi connectivity index (χ3v) is 2.65. The van der Waals surface area contributed by atoms with E-state index in [1.54, 1.807) is 26.8 Å². The average Bonchev–Trinajstić information content (AvgIpc) is 2.81. The van der Waals surface area contributed by atoms with Gasteiger partial charge >= 0.3 is 6.09 Å². The number of carbonyl (C=O) groups excluding carboxylic acids is 2. The second-order valence-electron chi connectivity index (χ2n) is 5.71. The van der Waals surface area contributed by atoms with Gasteiger partial charge in [-0.1, -0.05) is 30.3 Å². The molecule has 22 heavy (non-hydrogen) atoms. The Labute approximate surface area is 128 Å². The number of furan rings is 1. The van der Waals surface area contributed by atoms with E-state index in [-0.39, 0.29) is 11.4 Å². The second kappa shape index (κ2) is 5.93. The SMILES string of the molecule is CC(C)(C)OC(=O)Nc1cc(-c2ccccc2)oc1C(N)=O. The largest absolute Gasteiger partial charge is 0.449 e. The highest BCUT2D eigenvalue weighted by Gasteiger charge is 2.22. The van der Waals surface area contributed by atoms with Crippen LogP contribution < -0.4 is 11.1 Å². The summed E-state index contributed by atoms with van der Waals surface area (Å²) in [5.41, 5.74) is 5.58. The number of anilines is 1. The van der Waals surface area contributed by atoms with Crippen molar-refractivity contribution < 1.29 is 18.7 Å². The van der Waals surface area contributed by atoms with Crippen LogP contribution in [0.25, 0.3) is 11.3 Å². The molecule has 0 aliphatic carbocycles. The van der Waals surface area contributed by atoms with E-state index in [2.05, 4.69) is 5.32 Å². The van der Waals surface area contributed by atoms with Crippen LogP contribution in [-0.4, -0.2) is 17.6 Å². The smallest absolute Gasteiger partial charge is 0.412 e. The number of carbonyl (C=O) groups is 2. The Bertz CT molecular complexity index is 684. The summed E-state index contributed by atoms with van der Waals surface area (Å²) in [4.78, 5) is 23.3. The summed E-state index contributed by atoms with van der Waals surface area (Å²) >= 11 is 0. The van der Waals surface area contributed by atoms with Crippen molar-refractivity contribution >= 4 is 17.7 Å². The van der Waals surface area contributed by atoms with Gasteiger partial charge in [0.15, 0.2) is 0 Å². The average molecular weight is 302 g/mol. The van der Waals surface area contributed by atoms with E-state index in [1.807, 2.05) is 30.3 Å². The predicted octanol–water partition coefficient (Wildman–Crippen LogP) is 3.39. The van der Waals surface area contributed by atoms with Crippen LogP contribution in [0.2, 0.25) is 0 Å². The van der Waals surface area contributed by atoms with Gasteiger partial charge in [0.2, 0.25) is 5.76 Å². The second-order valence-corrected chi connectivity index (χ2v) is 5.71. The van der Waals surface area contributed by atoms with Gasteiger partial charge in [-0.25, -0.2) is 4.79 Å². The molecular formula is C16H18N2O4. The Kier molecular flexibility index (Phi) is 4.21. The summed E-state index contributed by atoms with van der Waals surface area (Å²) in [5, 5.41) is 2.48. The van der Waals surface area contributed by atoms with E-state index in [1.165, 1.54) is 0 Å². The maximum absolute atomic E-state index is 11.8. The van der Waals surface area contributed by atoms with E-state index in [0.29, 0.717) is 5.76 Å². The van der Waals surface area contributed by atoms with Crippen molar-refractivity contribution in [2.24, 2.45) is 5.73 Å². The number of nitrogens with one attached hydrogen (secondary N) is 1. The van der Waals surface area contributed by atoms with Crippen molar-refractivity contribution in [2.75, 3.05) is 5.32 Å². The summed E-state index contributed by atoms with van der Waals surface area (Å²) in [6.45, 7) is 5.23. The van der Waals surface area contributed by atoms with Crippen LogP contribution >= 0.6 is 0 Å². The molecule has 0 aliphatic heterocycles. The first-order valence-corrected chi connectivity index (χ1v) is 6.75. The third kappa shape index (κ3) is 3.88. The molecule has 6 heteroatoms. The van der Waals surface area contributed by atoms with Gasteiger partial charge in [0.25, 0.3) is 5.91 Å². The fourth-order valence-corrected chi connectivity index (χ4v) is 1.83. The Balaban J connectivity index is 2.29. The molecule has 1 aromatic carbocycles. The number of benzene rings is 1. The number of rotatable bonds is 3. The minimum absolute atomic E-state index is 0.121. The maximum Gasteiger partial charge on any atom is 0.412 e. The van der Waals surface area contributed by atoms with Gasteiger partial charge in [0.05, 0.1) is 5.69 Å². The number of amides is 2. The van der Waals surface area contributed by atoms with Gasteiger partial charge in [-0.2, -0.15) is 0 Å². The molecule has 0 saturated heterocycles. The molecule has 0 unspecified atom stereocenters. The van der Waals surface area contributed by atoms with E-state index >= 15 is 0 Å². The van der Waals surface area contributed by atoms with Crippen molar-refractivity contribution in [1.82, 2.24) is 0 Å². The van der Waals surface area contributed by atoms with Gasteiger partial charge in [-0.05, 0) is 20.8 Å². The predicted molar refractivity (Wildman–Crippen MR) is 82.5 cm³/mol. The third-order valence-electron chi connectivity index (χ3n) is 2.65. The molecular weight excluding hydrogens is 284 g/mol. The Morgan fingerprint density at radius 3 is 2.36 bits per heavy atom. The number of ether oxygens (including phenoxy) is 1. The lowest BCUT2D eigenvalue weighted by atomic mass is 10.2.